The van der Waals surface area contributed by atoms with E-state index in [0.29, 0.717) is 35.0 Å². The molecule has 2 aromatic heterocycles. The number of aryl methyl sites for hydroxylation is 1. The largest absolute Gasteiger partial charge is 0.497 e. The van der Waals surface area contributed by atoms with Crippen LogP contribution in [0.1, 0.15) is 49.7 Å². The van der Waals surface area contributed by atoms with Gasteiger partial charge in [-0.25, -0.2) is 4.98 Å². The summed E-state index contributed by atoms with van der Waals surface area (Å²) in [7, 11) is 1.60. The number of halogens is 1. The highest BCUT2D eigenvalue weighted by Gasteiger charge is 2.30. The summed E-state index contributed by atoms with van der Waals surface area (Å²) < 4.78 is 7.05. The molecule has 0 aliphatic heterocycles. The lowest BCUT2D eigenvalue weighted by Gasteiger charge is -2.23. The van der Waals surface area contributed by atoms with E-state index in [1.807, 2.05) is 26.0 Å². The molecule has 0 radical (unpaired) electrons. The molecule has 0 spiro atoms. The third kappa shape index (κ3) is 3.41. The number of nitrogens with one attached hydrogen (secondary N) is 1. The number of anilines is 1. The maximum atomic E-state index is 10.5. The fraction of sp³-hybridized carbons (Fsp3) is 0.455. The lowest BCUT2D eigenvalue weighted by Crippen LogP contribution is -2.32. The first kappa shape index (κ1) is 20.9. The molecule has 4 rings (SSSR count). The molecule has 1 aromatic carbocycles. The molecule has 3 atom stereocenters. The van der Waals surface area contributed by atoms with Crippen molar-refractivity contribution in [2.75, 3.05) is 12.4 Å². The van der Waals surface area contributed by atoms with Gasteiger partial charge in [-0.2, -0.15) is 9.61 Å². The van der Waals surface area contributed by atoms with Gasteiger partial charge in [-0.05, 0) is 51.3 Å². The van der Waals surface area contributed by atoms with Crippen LogP contribution in [0, 0.1) is 6.92 Å². The van der Waals surface area contributed by atoms with E-state index >= 15 is 0 Å². The van der Waals surface area contributed by atoms with Crippen molar-refractivity contribution in [3.05, 3.63) is 40.2 Å². The highest BCUT2D eigenvalue weighted by Crippen LogP contribution is 2.40. The molecular weight excluding hydrogens is 404 g/mol. The summed E-state index contributed by atoms with van der Waals surface area (Å²) in [6, 6.07) is 5.37. The predicted molar refractivity (Wildman–Crippen MR) is 117 cm³/mol. The van der Waals surface area contributed by atoms with Gasteiger partial charge in [0.1, 0.15) is 11.6 Å². The Morgan fingerprint density at radius 3 is 2.80 bits per heavy atom. The average molecular weight is 431 g/mol. The van der Waals surface area contributed by atoms with Crippen LogP contribution in [0.25, 0.3) is 16.8 Å². The van der Waals surface area contributed by atoms with E-state index < -0.39 is 12.2 Å². The number of nitrogens with zero attached hydrogens (tertiary/aromatic N) is 3. The van der Waals surface area contributed by atoms with E-state index in [4.69, 9.17) is 26.4 Å². The zero-order valence-corrected chi connectivity index (χ0v) is 18.4. The molecule has 3 unspecified atom stereocenters. The fourth-order valence-corrected chi connectivity index (χ4v) is 4.44. The molecule has 3 N–H and O–H groups in total. The number of rotatable bonds is 6. The van der Waals surface area contributed by atoms with Crippen molar-refractivity contribution < 1.29 is 14.9 Å². The normalized spacial score (nSPS) is 17.8. The molecule has 160 valence electrons. The summed E-state index contributed by atoms with van der Waals surface area (Å²) in [5, 5.41) is 29.5. The van der Waals surface area contributed by atoms with E-state index in [9.17, 15) is 10.2 Å². The quantitative estimate of drug-likeness (QED) is 0.549. The van der Waals surface area contributed by atoms with Crippen molar-refractivity contribution in [2.45, 2.75) is 58.3 Å². The molecular formula is C22H27ClN4O3. The minimum absolute atomic E-state index is 0.144. The zero-order chi connectivity index (χ0) is 21.6. The van der Waals surface area contributed by atoms with Gasteiger partial charge in [0, 0.05) is 11.1 Å². The standard InChI is InChI=1S/C22H27ClN4O3/c1-5-17(12(3)28)24-21-15-8-9-18(29)20(15)25-22-19(11(2)26-27(21)22)14-7-6-13(30-4)10-16(14)23/h6-7,10,12,17-18,24,28-29H,5,8-9H2,1-4H3. The van der Waals surface area contributed by atoms with Crippen molar-refractivity contribution in [3.8, 4) is 16.9 Å². The number of ether oxygens (including phenoxy) is 1. The summed E-state index contributed by atoms with van der Waals surface area (Å²) >= 11 is 6.56. The van der Waals surface area contributed by atoms with Crippen molar-refractivity contribution >= 4 is 23.1 Å². The molecule has 0 bridgehead atoms. The average Bonchev–Trinajstić information content (AvgIpc) is 3.24. The molecule has 3 aromatic rings. The number of benzene rings is 1. The molecule has 30 heavy (non-hydrogen) atoms. The second kappa shape index (κ2) is 8.06. The van der Waals surface area contributed by atoms with Gasteiger partial charge >= 0.3 is 0 Å². The van der Waals surface area contributed by atoms with E-state index in [-0.39, 0.29) is 6.04 Å². The minimum Gasteiger partial charge on any atom is -0.497 e. The number of aromatic nitrogens is 3. The smallest absolute Gasteiger partial charge is 0.165 e. The van der Waals surface area contributed by atoms with Crippen LogP contribution in [0.15, 0.2) is 18.2 Å². The van der Waals surface area contributed by atoms with Gasteiger partial charge < -0.3 is 20.3 Å². The summed E-state index contributed by atoms with van der Waals surface area (Å²) in [6.45, 7) is 5.71. The molecule has 0 saturated heterocycles. The van der Waals surface area contributed by atoms with Gasteiger partial charge in [0.05, 0.1) is 47.3 Å². The van der Waals surface area contributed by atoms with E-state index in [1.54, 1.807) is 24.6 Å². The highest BCUT2D eigenvalue weighted by atomic mass is 35.5. The van der Waals surface area contributed by atoms with Gasteiger partial charge in [0.15, 0.2) is 5.65 Å². The maximum Gasteiger partial charge on any atom is 0.165 e. The molecule has 7 nitrogen and oxygen atoms in total. The molecule has 1 aliphatic carbocycles. The number of aliphatic hydroxyl groups is 2. The lowest BCUT2D eigenvalue weighted by atomic mass is 10.1. The lowest BCUT2D eigenvalue weighted by molar-refractivity contribution is 0.169. The van der Waals surface area contributed by atoms with Crippen molar-refractivity contribution in [2.24, 2.45) is 0 Å². The third-order valence-electron chi connectivity index (χ3n) is 5.84. The highest BCUT2D eigenvalue weighted by molar-refractivity contribution is 6.33. The SMILES string of the molecule is CCC(Nc1c2c(nc3c(-c4ccc(OC)cc4Cl)c(C)nn13)C(O)CC2)C(C)O. The Bertz CT molecular complexity index is 1100. The Kier molecular flexibility index (Phi) is 5.61. The first-order chi connectivity index (χ1) is 14.3. The van der Waals surface area contributed by atoms with Crippen LogP contribution in [0.5, 0.6) is 5.75 Å². The van der Waals surface area contributed by atoms with E-state index in [1.165, 1.54) is 0 Å². The van der Waals surface area contributed by atoms with Crippen LogP contribution in [-0.2, 0) is 6.42 Å². The Morgan fingerprint density at radius 2 is 2.17 bits per heavy atom. The second-order valence-corrected chi connectivity index (χ2v) is 8.23. The maximum absolute atomic E-state index is 10.5. The number of methoxy groups -OCH3 is 1. The van der Waals surface area contributed by atoms with Crippen LogP contribution >= 0.6 is 11.6 Å². The molecule has 1 aliphatic rings. The minimum atomic E-state index is -0.619. The molecule has 0 fully saturated rings. The van der Waals surface area contributed by atoms with Crippen molar-refractivity contribution in [1.82, 2.24) is 14.6 Å². The number of fused-ring (bicyclic) bond motifs is 2. The summed E-state index contributed by atoms with van der Waals surface area (Å²) in [6.07, 6.45) is 0.915. The van der Waals surface area contributed by atoms with Crippen LogP contribution in [0.3, 0.4) is 0 Å². The Balaban J connectivity index is 1.96. The van der Waals surface area contributed by atoms with Gasteiger partial charge in [-0.1, -0.05) is 18.5 Å². The third-order valence-corrected chi connectivity index (χ3v) is 6.16. The van der Waals surface area contributed by atoms with Gasteiger partial charge in [-0.15, -0.1) is 0 Å². The predicted octanol–water partition coefficient (Wildman–Crippen LogP) is 3.92. The van der Waals surface area contributed by atoms with Crippen LogP contribution in [0.4, 0.5) is 5.82 Å². The molecule has 0 amide bonds. The Labute approximate surface area is 180 Å². The van der Waals surface area contributed by atoms with Crippen LogP contribution in [0.2, 0.25) is 5.02 Å². The summed E-state index contributed by atoms with van der Waals surface area (Å²) in [5.41, 5.74) is 4.64. The van der Waals surface area contributed by atoms with Crippen LogP contribution in [-0.4, -0.2) is 44.1 Å². The van der Waals surface area contributed by atoms with Gasteiger partial charge in [0.2, 0.25) is 0 Å². The van der Waals surface area contributed by atoms with Crippen molar-refractivity contribution in [1.29, 1.82) is 0 Å². The fourth-order valence-electron chi connectivity index (χ4n) is 4.17. The molecule has 2 heterocycles. The van der Waals surface area contributed by atoms with Gasteiger partial charge in [0.25, 0.3) is 0 Å². The monoisotopic (exact) mass is 430 g/mol. The topological polar surface area (TPSA) is 91.9 Å². The van der Waals surface area contributed by atoms with Gasteiger partial charge in [-0.3, -0.25) is 0 Å². The van der Waals surface area contributed by atoms with Crippen LogP contribution < -0.4 is 10.1 Å². The summed E-state index contributed by atoms with van der Waals surface area (Å²) in [5.74, 6) is 1.45. The first-order valence-electron chi connectivity index (χ1n) is 10.2. The number of hydrogen-bond acceptors (Lipinski definition) is 6. The van der Waals surface area contributed by atoms with Crippen molar-refractivity contribution in [3.63, 3.8) is 0 Å². The number of hydrogen-bond donors (Lipinski definition) is 3. The Morgan fingerprint density at radius 1 is 1.40 bits per heavy atom. The summed E-state index contributed by atoms with van der Waals surface area (Å²) in [4.78, 5) is 4.81. The van der Waals surface area contributed by atoms with E-state index in [0.717, 1.165) is 34.6 Å². The Hall–Kier alpha value is -2.35. The van der Waals surface area contributed by atoms with E-state index in [2.05, 4.69) is 5.32 Å². The zero-order valence-electron chi connectivity index (χ0n) is 17.6. The number of aliphatic hydroxyl groups excluding tert-OH is 2. The second-order valence-electron chi connectivity index (χ2n) is 7.82. The molecule has 8 heteroatoms. The first-order valence-corrected chi connectivity index (χ1v) is 10.6. The molecule has 0 saturated carbocycles.